The van der Waals surface area contributed by atoms with Gasteiger partial charge >= 0.3 is 24.0 Å². The molecule has 1 heterocycles. The lowest BCUT2D eigenvalue weighted by Gasteiger charge is -2.09. The summed E-state index contributed by atoms with van der Waals surface area (Å²) in [5.74, 6) is -2.44. The number of hydrogen-bond acceptors (Lipinski definition) is 7. The van der Waals surface area contributed by atoms with Crippen LogP contribution in [0.1, 0.15) is 38.2 Å². The number of nitrogens with zero attached hydrogens (tertiary/aromatic N) is 2. The third-order valence-electron chi connectivity index (χ3n) is 4.74. The summed E-state index contributed by atoms with van der Waals surface area (Å²) in [6.07, 6.45) is -0.335. The fourth-order valence-corrected chi connectivity index (χ4v) is 2.85. The van der Waals surface area contributed by atoms with Crippen molar-refractivity contribution < 1.29 is 37.0 Å². The summed E-state index contributed by atoms with van der Waals surface area (Å²) in [7, 11) is 1.40. The second kappa shape index (κ2) is 13.8. The minimum atomic E-state index is -5.08. The first-order chi connectivity index (χ1) is 17.1. The number of aliphatic carboxylic acids is 1. The summed E-state index contributed by atoms with van der Waals surface area (Å²) in [6, 6.07) is 15.5. The average Bonchev–Trinajstić information content (AvgIpc) is 3.24. The van der Waals surface area contributed by atoms with Crippen LogP contribution < -0.4 is 20.5 Å². The van der Waals surface area contributed by atoms with Gasteiger partial charge in [-0.3, -0.25) is 0 Å². The molecule has 0 bridgehead atoms. The van der Waals surface area contributed by atoms with E-state index >= 15 is 0 Å². The molecule has 2 N–H and O–H groups in total. The van der Waals surface area contributed by atoms with Crippen LogP contribution in [0.2, 0.25) is 0 Å². The SMILES string of the molecule is CCCCCCOc1ccc(CNc2ccc(-n3nc(OC)oc3=O)cc2)cc1.O=C(O)C(F)(F)F. The van der Waals surface area contributed by atoms with E-state index in [2.05, 4.69) is 29.5 Å². The molecule has 0 aliphatic rings. The number of carboxylic acids is 1. The number of rotatable bonds is 11. The van der Waals surface area contributed by atoms with Crippen molar-refractivity contribution in [3.8, 4) is 17.5 Å². The van der Waals surface area contributed by atoms with Crippen molar-refractivity contribution in [2.24, 2.45) is 0 Å². The number of unbranched alkanes of at least 4 members (excludes halogenated alkanes) is 3. The number of benzene rings is 2. The van der Waals surface area contributed by atoms with Crippen molar-refractivity contribution in [2.45, 2.75) is 45.3 Å². The zero-order valence-electron chi connectivity index (χ0n) is 19.9. The van der Waals surface area contributed by atoms with Crippen LogP contribution in [-0.4, -0.2) is 40.7 Å². The van der Waals surface area contributed by atoms with Gasteiger partial charge in [0.05, 0.1) is 19.4 Å². The average molecular weight is 511 g/mol. The van der Waals surface area contributed by atoms with Crippen molar-refractivity contribution in [3.63, 3.8) is 0 Å². The topological polar surface area (TPSA) is 116 Å². The Kier molecular flexibility index (Phi) is 10.8. The maximum atomic E-state index is 11.8. The molecule has 36 heavy (non-hydrogen) atoms. The quantitative estimate of drug-likeness (QED) is 0.344. The van der Waals surface area contributed by atoms with Gasteiger partial charge in [0.25, 0.3) is 0 Å². The summed E-state index contributed by atoms with van der Waals surface area (Å²) in [6.45, 7) is 3.66. The molecule has 0 unspecified atom stereocenters. The molecule has 0 saturated carbocycles. The number of hydrogen-bond donors (Lipinski definition) is 2. The van der Waals surface area contributed by atoms with Crippen LogP contribution in [-0.2, 0) is 11.3 Å². The summed E-state index contributed by atoms with van der Waals surface area (Å²) >= 11 is 0. The van der Waals surface area contributed by atoms with Gasteiger partial charge in [0, 0.05) is 12.2 Å². The number of nitrogens with one attached hydrogen (secondary N) is 1. The molecule has 0 amide bonds. The molecule has 3 aromatic rings. The van der Waals surface area contributed by atoms with E-state index in [1.165, 1.54) is 26.4 Å². The largest absolute Gasteiger partial charge is 0.494 e. The molecular weight excluding hydrogens is 483 g/mol. The molecular formula is C24H28F3N3O6. The first-order valence-electron chi connectivity index (χ1n) is 11.1. The van der Waals surface area contributed by atoms with Crippen LogP contribution >= 0.6 is 0 Å². The number of methoxy groups -OCH3 is 1. The number of halogens is 3. The van der Waals surface area contributed by atoms with Crippen LogP contribution in [0.25, 0.3) is 5.69 Å². The number of carboxylic acid groups (broad SMARTS) is 1. The molecule has 0 aliphatic carbocycles. The van der Waals surface area contributed by atoms with E-state index in [1.54, 1.807) is 12.1 Å². The predicted octanol–water partition coefficient (Wildman–Crippen LogP) is 5.04. The molecule has 9 nitrogen and oxygen atoms in total. The molecule has 0 atom stereocenters. The Labute approximate surface area is 205 Å². The maximum absolute atomic E-state index is 11.8. The predicted molar refractivity (Wildman–Crippen MR) is 126 cm³/mol. The van der Waals surface area contributed by atoms with E-state index in [4.69, 9.17) is 23.8 Å². The van der Waals surface area contributed by atoms with Gasteiger partial charge in [-0.15, -0.1) is 0 Å². The first-order valence-corrected chi connectivity index (χ1v) is 11.1. The van der Waals surface area contributed by atoms with Gasteiger partial charge in [0.15, 0.2) is 0 Å². The van der Waals surface area contributed by atoms with Crippen molar-refractivity contribution in [1.82, 2.24) is 9.78 Å². The molecule has 0 radical (unpaired) electrons. The van der Waals surface area contributed by atoms with E-state index in [1.807, 2.05) is 24.3 Å². The molecule has 0 saturated heterocycles. The van der Waals surface area contributed by atoms with Gasteiger partial charge in [-0.1, -0.05) is 43.4 Å². The Morgan fingerprint density at radius 1 is 1.08 bits per heavy atom. The fraction of sp³-hybridized carbons (Fsp3) is 0.375. The number of anilines is 1. The van der Waals surface area contributed by atoms with E-state index in [0.29, 0.717) is 12.2 Å². The van der Waals surface area contributed by atoms with Crippen LogP contribution in [0.3, 0.4) is 0 Å². The summed E-state index contributed by atoms with van der Waals surface area (Å²) in [4.78, 5) is 20.7. The second-order valence-electron chi connectivity index (χ2n) is 7.51. The maximum Gasteiger partial charge on any atom is 0.490 e. The van der Waals surface area contributed by atoms with Crippen LogP contribution in [0.4, 0.5) is 18.9 Å². The first kappa shape index (κ1) is 28.3. The minimum absolute atomic E-state index is 0.0643. The smallest absolute Gasteiger partial charge is 0.490 e. The van der Waals surface area contributed by atoms with Gasteiger partial charge < -0.3 is 24.3 Å². The van der Waals surface area contributed by atoms with Gasteiger partial charge in [-0.25, -0.2) is 9.59 Å². The zero-order valence-corrected chi connectivity index (χ0v) is 19.9. The van der Waals surface area contributed by atoms with Crippen LogP contribution in [0.5, 0.6) is 11.8 Å². The van der Waals surface area contributed by atoms with E-state index < -0.39 is 17.9 Å². The Bertz CT molecular complexity index is 1130. The molecule has 0 spiro atoms. The highest BCUT2D eigenvalue weighted by atomic mass is 19.4. The monoisotopic (exact) mass is 511 g/mol. The van der Waals surface area contributed by atoms with Gasteiger partial charge in [0.1, 0.15) is 5.75 Å². The van der Waals surface area contributed by atoms with Crippen molar-refractivity contribution in [2.75, 3.05) is 19.0 Å². The lowest BCUT2D eigenvalue weighted by molar-refractivity contribution is -0.192. The molecule has 2 aromatic carbocycles. The zero-order chi connectivity index (χ0) is 26.6. The van der Waals surface area contributed by atoms with E-state index in [0.717, 1.165) is 34.7 Å². The van der Waals surface area contributed by atoms with Gasteiger partial charge in [-0.05, 0) is 48.4 Å². The fourth-order valence-electron chi connectivity index (χ4n) is 2.85. The minimum Gasteiger partial charge on any atom is -0.494 e. The number of carbonyl (C=O) groups is 1. The highest BCUT2D eigenvalue weighted by molar-refractivity contribution is 5.73. The third kappa shape index (κ3) is 9.35. The standard InChI is InChI=1S/C22H27N3O4.C2HF3O2/c1-3-4-5-6-15-28-20-13-7-17(8-14-20)16-23-18-9-11-19(12-10-18)25-22(26)29-21(24-25)27-2;3-2(4,5)1(6)7/h7-14,23H,3-6,15-16H2,1-2H3;(H,6,7). The summed E-state index contributed by atoms with van der Waals surface area (Å²) in [5.41, 5.74) is 2.70. The van der Waals surface area contributed by atoms with Crippen molar-refractivity contribution in [3.05, 3.63) is 64.6 Å². The van der Waals surface area contributed by atoms with Crippen molar-refractivity contribution in [1.29, 1.82) is 0 Å². The van der Waals surface area contributed by atoms with E-state index in [9.17, 15) is 18.0 Å². The Morgan fingerprint density at radius 2 is 1.72 bits per heavy atom. The lowest BCUT2D eigenvalue weighted by Crippen LogP contribution is -2.21. The molecule has 12 heteroatoms. The van der Waals surface area contributed by atoms with Crippen molar-refractivity contribution >= 4 is 11.7 Å². The molecule has 0 fully saturated rings. The number of ether oxygens (including phenoxy) is 2. The van der Waals surface area contributed by atoms with Crippen LogP contribution in [0, 0.1) is 0 Å². The van der Waals surface area contributed by atoms with Gasteiger partial charge in [-0.2, -0.15) is 17.9 Å². The van der Waals surface area contributed by atoms with E-state index in [-0.39, 0.29) is 6.08 Å². The highest BCUT2D eigenvalue weighted by Crippen LogP contribution is 2.17. The summed E-state index contributed by atoms with van der Waals surface area (Å²) < 4.78 is 48.4. The third-order valence-corrected chi connectivity index (χ3v) is 4.74. The number of aromatic nitrogens is 2. The van der Waals surface area contributed by atoms with Crippen LogP contribution in [0.15, 0.2) is 57.7 Å². The molecule has 0 aliphatic heterocycles. The van der Waals surface area contributed by atoms with Gasteiger partial charge in [0.2, 0.25) is 0 Å². The Hall–Kier alpha value is -3.96. The number of alkyl halides is 3. The Balaban J connectivity index is 0.000000572. The molecule has 1 aromatic heterocycles. The highest BCUT2D eigenvalue weighted by Gasteiger charge is 2.38. The Morgan fingerprint density at radius 3 is 2.25 bits per heavy atom. The molecule has 196 valence electrons. The second-order valence-corrected chi connectivity index (χ2v) is 7.51. The summed E-state index contributed by atoms with van der Waals surface area (Å²) in [5, 5.41) is 14.4. The molecule has 3 rings (SSSR count). The lowest BCUT2D eigenvalue weighted by atomic mass is 10.2. The normalized spacial score (nSPS) is 10.8.